The summed E-state index contributed by atoms with van der Waals surface area (Å²) in [5, 5.41) is 22.3. The van der Waals surface area contributed by atoms with Gasteiger partial charge in [-0.1, -0.05) is 46.6 Å². The number of esters is 4. The number of carbonyl (C=O) groups excluding carboxylic acids is 4. The van der Waals surface area contributed by atoms with Crippen molar-refractivity contribution < 1.29 is 67.3 Å². The minimum atomic E-state index is -1.62. The zero-order chi connectivity index (χ0) is 40.5. The van der Waals surface area contributed by atoms with Gasteiger partial charge in [0.1, 0.15) is 31.0 Å². The summed E-state index contributed by atoms with van der Waals surface area (Å²) in [6.45, 7) is 16.2. The minimum absolute atomic E-state index is 0.0338. The molecule has 2 saturated heterocycles. The lowest BCUT2D eigenvalue weighted by Crippen LogP contribution is -2.65. The van der Waals surface area contributed by atoms with Crippen LogP contribution in [0.2, 0.25) is 0 Å². The summed E-state index contributed by atoms with van der Waals surface area (Å²) in [6.07, 6.45) is 0.613. The van der Waals surface area contributed by atoms with Crippen LogP contribution in [-0.2, 0) is 57.1 Å². The number of hydrogen-bond donors (Lipinski definition) is 2. The average molecular weight is 767 g/mol. The van der Waals surface area contributed by atoms with Gasteiger partial charge in [-0.3, -0.25) is 19.2 Å². The maximum Gasteiger partial charge on any atom is 0.303 e. The summed E-state index contributed by atoms with van der Waals surface area (Å²) in [7, 11) is 0. The Labute approximate surface area is 319 Å². The van der Waals surface area contributed by atoms with Crippen molar-refractivity contribution in [2.75, 3.05) is 13.2 Å². The van der Waals surface area contributed by atoms with Crippen molar-refractivity contribution in [2.45, 2.75) is 169 Å². The molecule has 0 unspecified atom stereocenters. The largest absolute Gasteiger partial charge is 0.463 e. The van der Waals surface area contributed by atoms with Gasteiger partial charge in [-0.15, -0.1) is 0 Å². The Morgan fingerprint density at radius 1 is 0.574 bits per heavy atom. The van der Waals surface area contributed by atoms with Gasteiger partial charge < -0.3 is 48.1 Å². The van der Waals surface area contributed by atoms with Crippen LogP contribution < -0.4 is 0 Å². The lowest BCUT2D eigenvalue weighted by molar-refractivity contribution is -0.357. The van der Waals surface area contributed by atoms with Crippen LogP contribution >= 0.6 is 0 Å². The van der Waals surface area contributed by atoms with Crippen LogP contribution in [-0.4, -0.2) is 109 Å². The van der Waals surface area contributed by atoms with E-state index in [-0.39, 0.29) is 6.61 Å². The van der Waals surface area contributed by atoms with Crippen LogP contribution in [0.1, 0.15) is 108 Å². The summed E-state index contributed by atoms with van der Waals surface area (Å²) in [5.74, 6) is -2.95. The van der Waals surface area contributed by atoms with Crippen molar-refractivity contribution >= 4 is 23.9 Å². The average Bonchev–Trinajstić information content (AvgIpc) is 3.06. The number of ether oxygens (including phenoxy) is 8. The molecular formula is C40H62O14. The molecule has 306 valence electrons. The van der Waals surface area contributed by atoms with E-state index in [1.165, 1.54) is 30.6 Å². The predicted octanol–water partition coefficient (Wildman–Crippen LogP) is 5.08. The fourth-order valence-electron chi connectivity index (χ4n) is 6.02. The van der Waals surface area contributed by atoms with Crippen LogP contribution in [0.3, 0.4) is 0 Å². The SMILES string of the molecule is CC(=O)OC[C@H]1O[C@@H](OC/C=C(\C)CC/C=C(\C)CC/C=C(\C)CCC=C(C)C)[C@H](O)[C@@H](O[C@@H]2O[C@@H](C)[C@H](O)[C@@H](OC(C)=O)[C@H]2OC(C)=O)[C@@H]1OC(C)=O. The third-order valence-electron chi connectivity index (χ3n) is 8.87. The summed E-state index contributed by atoms with van der Waals surface area (Å²) >= 11 is 0. The quantitative estimate of drug-likeness (QED) is 0.101. The Hall–Kier alpha value is -3.40. The first-order chi connectivity index (χ1) is 25.4. The fourth-order valence-corrected chi connectivity index (χ4v) is 6.02. The van der Waals surface area contributed by atoms with E-state index in [0.717, 1.165) is 64.9 Å². The van der Waals surface area contributed by atoms with Gasteiger partial charge in [0, 0.05) is 27.7 Å². The zero-order valence-corrected chi connectivity index (χ0v) is 33.5. The highest BCUT2D eigenvalue weighted by Gasteiger charge is 2.54. The highest BCUT2D eigenvalue weighted by Crippen LogP contribution is 2.33. The molecule has 2 aliphatic heterocycles. The van der Waals surface area contributed by atoms with E-state index >= 15 is 0 Å². The minimum Gasteiger partial charge on any atom is -0.463 e. The molecule has 0 radical (unpaired) electrons. The second-order valence-corrected chi connectivity index (χ2v) is 14.2. The summed E-state index contributed by atoms with van der Waals surface area (Å²) in [4.78, 5) is 48.0. The van der Waals surface area contributed by atoms with Gasteiger partial charge in [-0.25, -0.2) is 0 Å². The normalized spacial score (nSPS) is 29.2. The molecule has 54 heavy (non-hydrogen) atoms. The molecule has 0 aliphatic carbocycles. The lowest BCUT2D eigenvalue weighted by atomic mass is 9.96. The third-order valence-corrected chi connectivity index (χ3v) is 8.87. The molecule has 0 spiro atoms. The number of aliphatic hydroxyl groups excluding tert-OH is 2. The molecule has 0 saturated carbocycles. The van der Waals surface area contributed by atoms with Crippen LogP contribution in [0.25, 0.3) is 0 Å². The van der Waals surface area contributed by atoms with E-state index in [2.05, 4.69) is 45.9 Å². The Balaban J connectivity index is 2.20. The molecule has 0 bridgehead atoms. The van der Waals surface area contributed by atoms with E-state index in [9.17, 15) is 29.4 Å². The van der Waals surface area contributed by atoms with Gasteiger partial charge in [-0.2, -0.15) is 0 Å². The Kier molecular flexibility index (Phi) is 20.4. The van der Waals surface area contributed by atoms with Gasteiger partial charge in [0.15, 0.2) is 30.9 Å². The maximum atomic E-state index is 12.2. The van der Waals surface area contributed by atoms with E-state index in [1.807, 2.05) is 13.0 Å². The third kappa shape index (κ3) is 16.5. The van der Waals surface area contributed by atoms with Gasteiger partial charge >= 0.3 is 23.9 Å². The lowest BCUT2D eigenvalue weighted by Gasteiger charge is -2.47. The first kappa shape index (κ1) is 46.8. The molecule has 14 nitrogen and oxygen atoms in total. The number of allylic oxidation sites excluding steroid dienone is 7. The van der Waals surface area contributed by atoms with Crippen LogP contribution in [0, 0.1) is 0 Å². The van der Waals surface area contributed by atoms with Crippen molar-refractivity contribution in [2.24, 2.45) is 0 Å². The van der Waals surface area contributed by atoms with Crippen LogP contribution in [0.5, 0.6) is 0 Å². The standard InChI is InChI=1S/C40H62O14/c1-23(2)14-11-15-24(3)16-12-17-25(4)18-13-19-26(5)20-21-47-39-34(46)37(35(50-29(8)42)32(53-39)22-48-28(7)41)54-40-38(52-31(10)44)36(51-30(9)43)33(45)27(6)49-40/h14,16,18,20,27,32-40,45-46H,11-13,15,17,19,21-22H2,1-10H3/b24-16+,25-18+,26-20+/t27-,32+,33-,34+,35+,36+,37+,38+,39+,40-/m0/s1. The topological polar surface area (TPSA) is 183 Å². The molecule has 2 rings (SSSR count). The molecule has 14 heteroatoms. The zero-order valence-electron chi connectivity index (χ0n) is 33.5. The number of aliphatic hydroxyl groups is 2. The monoisotopic (exact) mass is 766 g/mol. The number of hydrogen-bond acceptors (Lipinski definition) is 14. The number of rotatable bonds is 19. The molecule has 0 aromatic heterocycles. The van der Waals surface area contributed by atoms with E-state index < -0.39 is 91.9 Å². The Morgan fingerprint density at radius 2 is 1.07 bits per heavy atom. The highest BCUT2D eigenvalue weighted by molar-refractivity contribution is 5.68. The first-order valence-corrected chi connectivity index (χ1v) is 18.6. The van der Waals surface area contributed by atoms with Crippen molar-refractivity contribution in [3.63, 3.8) is 0 Å². The van der Waals surface area contributed by atoms with Crippen molar-refractivity contribution in [3.05, 3.63) is 46.6 Å². The smallest absolute Gasteiger partial charge is 0.303 e. The fraction of sp³-hybridized carbons (Fsp3) is 0.700. The second-order valence-electron chi connectivity index (χ2n) is 14.2. The van der Waals surface area contributed by atoms with E-state index in [0.29, 0.717) is 0 Å². The molecule has 2 aliphatic rings. The van der Waals surface area contributed by atoms with Crippen molar-refractivity contribution in [1.82, 2.24) is 0 Å². The maximum absolute atomic E-state index is 12.2. The van der Waals surface area contributed by atoms with Crippen molar-refractivity contribution in [1.29, 1.82) is 0 Å². The van der Waals surface area contributed by atoms with Gasteiger partial charge in [0.25, 0.3) is 0 Å². The van der Waals surface area contributed by atoms with Gasteiger partial charge in [0.2, 0.25) is 0 Å². The summed E-state index contributed by atoms with van der Waals surface area (Å²) in [6, 6.07) is 0. The summed E-state index contributed by atoms with van der Waals surface area (Å²) < 4.78 is 45.3. The van der Waals surface area contributed by atoms with Crippen molar-refractivity contribution in [3.8, 4) is 0 Å². The predicted molar refractivity (Wildman–Crippen MR) is 198 cm³/mol. The Bertz CT molecular complexity index is 1360. The van der Waals surface area contributed by atoms with Crippen LogP contribution in [0.4, 0.5) is 0 Å². The summed E-state index contributed by atoms with van der Waals surface area (Å²) in [5.41, 5.74) is 5.11. The van der Waals surface area contributed by atoms with Gasteiger partial charge in [-0.05, 0) is 80.1 Å². The molecule has 10 atom stereocenters. The molecule has 0 amide bonds. The first-order valence-electron chi connectivity index (χ1n) is 18.6. The molecular weight excluding hydrogens is 704 g/mol. The molecule has 0 aromatic carbocycles. The second kappa shape index (κ2) is 23.5. The molecule has 2 N–H and O–H groups in total. The number of carbonyl (C=O) groups is 4. The molecule has 0 aromatic rings. The van der Waals surface area contributed by atoms with E-state index in [4.69, 9.17) is 37.9 Å². The van der Waals surface area contributed by atoms with Crippen LogP contribution in [0.15, 0.2) is 46.6 Å². The van der Waals surface area contributed by atoms with E-state index in [1.54, 1.807) is 0 Å². The Morgan fingerprint density at radius 3 is 1.59 bits per heavy atom. The highest BCUT2D eigenvalue weighted by atomic mass is 16.8. The molecule has 2 fully saturated rings. The molecule has 2 heterocycles. The van der Waals surface area contributed by atoms with Gasteiger partial charge in [0.05, 0.1) is 12.7 Å².